The molecule has 3 fully saturated rings. The van der Waals surface area contributed by atoms with Crippen molar-refractivity contribution in [1.82, 2.24) is 20.4 Å². The van der Waals surface area contributed by atoms with Crippen LogP contribution in [0, 0.1) is 29.6 Å². The van der Waals surface area contributed by atoms with Crippen molar-refractivity contribution >= 4 is 51.7 Å². The van der Waals surface area contributed by atoms with Crippen LogP contribution in [0.2, 0.25) is 0 Å². The smallest absolute Gasteiger partial charge is 0.410 e. The Balaban J connectivity index is 1.22. The number of ether oxygens (including phenoxy) is 4. The molecule has 3 saturated carbocycles. The van der Waals surface area contributed by atoms with E-state index in [1.165, 1.54) is 65.7 Å². The molecule has 0 bridgehead atoms. The predicted octanol–water partition coefficient (Wildman–Crippen LogP) is 9.53. The van der Waals surface area contributed by atoms with E-state index < -0.39 is 35.1 Å². The van der Waals surface area contributed by atoms with Crippen LogP contribution in [-0.4, -0.2) is 114 Å². The van der Waals surface area contributed by atoms with Crippen LogP contribution < -0.4 is 10.6 Å². The van der Waals surface area contributed by atoms with Crippen molar-refractivity contribution in [1.29, 1.82) is 0 Å². The lowest BCUT2D eigenvalue weighted by Crippen LogP contribution is -2.41. The van der Waals surface area contributed by atoms with Crippen LogP contribution in [-0.2, 0) is 28.5 Å². The first-order chi connectivity index (χ1) is 28.7. The van der Waals surface area contributed by atoms with Gasteiger partial charge in [0.1, 0.15) is 28.7 Å². The maximum Gasteiger partial charge on any atom is 0.410 e. The maximum absolute atomic E-state index is 13.6. The van der Waals surface area contributed by atoms with Gasteiger partial charge in [-0.2, -0.15) is 0 Å². The SMILES string of the molecule is CC(C)(C)OC(=O)NCCCN(CCCCN(CCCNC(=O)OC(C)(C)C)C(=O)OC(C)(C)C)C(=O)CSSCC(=O)OC1CCC2C(=CCC3C4CCCC4CCC23)C1. The average Bonchev–Trinajstić information content (AvgIpc) is 3.64. The van der Waals surface area contributed by atoms with Gasteiger partial charge in [-0.15, -0.1) is 0 Å². The van der Waals surface area contributed by atoms with Crippen molar-refractivity contribution in [2.45, 2.75) is 169 Å². The zero-order chi connectivity index (χ0) is 44.8. The van der Waals surface area contributed by atoms with Crippen LogP contribution in [0.25, 0.3) is 0 Å². The monoisotopic (exact) mass is 895 g/mol. The summed E-state index contributed by atoms with van der Waals surface area (Å²) in [5.74, 6) is 4.33. The summed E-state index contributed by atoms with van der Waals surface area (Å²) >= 11 is 0. The van der Waals surface area contributed by atoms with E-state index >= 15 is 0 Å². The van der Waals surface area contributed by atoms with Crippen molar-refractivity contribution in [3.63, 3.8) is 0 Å². The van der Waals surface area contributed by atoms with Gasteiger partial charge in [-0.1, -0.05) is 46.1 Å². The molecule has 0 saturated heterocycles. The standard InChI is InChI=1S/C46H78N4O9S2/c1-44(2,3)57-41(53)47-23-13-27-49(25-10-11-26-50(43(55)59-46(7,8)9)28-14-24-48-42(54)58-45(4,5)6)39(51)30-60-61-31-40(52)56-34-19-22-36-33(29-34)18-21-37-35-16-12-15-32(35)17-20-38(36)37/h18,32,34-38H,10-17,19-31H2,1-9H3,(H,47,53)(H,48,54). The number of rotatable bonds is 19. The van der Waals surface area contributed by atoms with Gasteiger partial charge >= 0.3 is 24.2 Å². The molecule has 0 aromatic carbocycles. The van der Waals surface area contributed by atoms with E-state index in [2.05, 4.69) is 16.7 Å². The van der Waals surface area contributed by atoms with Crippen molar-refractivity contribution in [2.24, 2.45) is 29.6 Å². The number of esters is 1. The highest BCUT2D eigenvalue weighted by atomic mass is 33.1. The number of fused-ring (bicyclic) bond motifs is 5. The molecule has 0 spiro atoms. The topological polar surface area (TPSA) is 153 Å². The maximum atomic E-state index is 13.6. The van der Waals surface area contributed by atoms with Gasteiger partial charge in [0.15, 0.2) is 0 Å². The van der Waals surface area contributed by atoms with E-state index in [4.69, 9.17) is 18.9 Å². The number of carbonyl (C=O) groups excluding carboxylic acids is 5. The predicted molar refractivity (Wildman–Crippen MR) is 243 cm³/mol. The summed E-state index contributed by atoms with van der Waals surface area (Å²) in [5, 5.41) is 5.50. The van der Waals surface area contributed by atoms with E-state index in [-0.39, 0.29) is 29.5 Å². The summed E-state index contributed by atoms with van der Waals surface area (Å²) in [5.41, 5.74) is -0.357. The summed E-state index contributed by atoms with van der Waals surface area (Å²) in [6, 6.07) is 0. The minimum Gasteiger partial charge on any atom is -0.461 e. The molecule has 4 rings (SSSR count). The van der Waals surface area contributed by atoms with Crippen molar-refractivity contribution < 1.29 is 42.9 Å². The highest BCUT2D eigenvalue weighted by Crippen LogP contribution is 2.56. The third-order valence-corrected chi connectivity index (χ3v) is 14.1. The number of nitrogens with zero attached hydrogens (tertiary/aromatic N) is 2. The highest BCUT2D eigenvalue weighted by molar-refractivity contribution is 8.77. The van der Waals surface area contributed by atoms with Gasteiger partial charge in [0, 0.05) is 45.7 Å². The van der Waals surface area contributed by atoms with Gasteiger partial charge in [-0.05, 0) is 156 Å². The van der Waals surface area contributed by atoms with Crippen LogP contribution in [0.15, 0.2) is 11.6 Å². The van der Waals surface area contributed by atoms with E-state index in [1.807, 2.05) is 20.8 Å². The first kappa shape index (κ1) is 50.8. The van der Waals surface area contributed by atoms with Gasteiger partial charge < -0.3 is 39.4 Å². The van der Waals surface area contributed by atoms with E-state index in [0.717, 1.165) is 42.9 Å². The minimum absolute atomic E-state index is 0.0622. The molecule has 0 aliphatic heterocycles. The van der Waals surface area contributed by atoms with E-state index in [1.54, 1.807) is 51.3 Å². The lowest BCUT2D eigenvalue weighted by molar-refractivity contribution is -0.147. The number of alkyl carbamates (subject to hydrolysis) is 2. The molecule has 13 nitrogen and oxygen atoms in total. The third kappa shape index (κ3) is 18.4. The van der Waals surface area contributed by atoms with Gasteiger partial charge in [-0.25, -0.2) is 14.4 Å². The zero-order valence-electron chi connectivity index (χ0n) is 38.8. The fourth-order valence-electron chi connectivity index (χ4n) is 9.58. The van der Waals surface area contributed by atoms with Crippen molar-refractivity contribution in [3.05, 3.63) is 11.6 Å². The minimum atomic E-state index is -0.669. The van der Waals surface area contributed by atoms with Crippen molar-refractivity contribution in [2.75, 3.05) is 50.8 Å². The number of allylic oxidation sites excluding steroid dienone is 1. The van der Waals surface area contributed by atoms with Gasteiger partial charge in [0.25, 0.3) is 0 Å². The fraction of sp³-hybridized carbons (Fsp3) is 0.848. The number of hydrogen-bond acceptors (Lipinski definition) is 11. The van der Waals surface area contributed by atoms with Gasteiger partial charge in [0.2, 0.25) is 5.91 Å². The zero-order valence-corrected chi connectivity index (χ0v) is 40.4. The number of amides is 4. The van der Waals surface area contributed by atoms with Crippen molar-refractivity contribution in [3.8, 4) is 0 Å². The Morgan fingerprint density at radius 3 is 1.84 bits per heavy atom. The second kappa shape index (κ2) is 23.8. The van der Waals surface area contributed by atoms with E-state index in [9.17, 15) is 24.0 Å². The normalized spacial score (nSPS) is 23.6. The first-order valence-corrected chi connectivity index (χ1v) is 25.5. The summed E-state index contributed by atoms with van der Waals surface area (Å²) in [4.78, 5) is 67.3. The molecule has 4 aliphatic carbocycles. The van der Waals surface area contributed by atoms with Crippen LogP contribution in [0.4, 0.5) is 14.4 Å². The highest BCUT2D eigenvalue weighted by Gasteiger charge is 2.47. The molecule has 4 amide bonds. The van der Waals surface area contributed by atoms with Crippen LogP contribution in [0.5, 0.6) is 0 Å². The summed E-state index contributed by atoms with van der Waals surface area (Å²) < 4.78 is 22.3. The van der Waals surface area contributed by atoms with Gasteiger partial charge in [0.05, 0.1) is 5.75 Å². The first-order valence-electron chi connectivity index (χ1n) is 23.0. The molecule has 2 N–H and O–H groups in total. The number of unbranched alkanes of at least 4 members (excludes halogenated alkanes) is 1. The molecule has 0 aromatic rings. The molecule has 0 heterocycles. The van der Waals surface area contributed by atoms with Crippen LogP contribution in [0.3, 0.4) is 0 Å². The molecular weight excluding hydrogens is 817 g/mol. The molecule has 0 aromatic heterocycles. The molecule has 61 heavy (non-hydrogen) atoms. The van der Waals surface area contributed by atoms with Crippen LogP contribution in [0.1, 0.15) is 146 Å². The average molecular weight is 895 g/mol. The summed E-state index contributed by atoms with van der Waals surface area (Å²) in [6.07, 6.45) is 14.5. The quantitative estimate of drug-likeness (QED) is 0.0419. The van der Waals surface area contributed by atoms with Crippen LogP contribution >= 0.6 is 21.6 Å². The molecule has 4 aliphatic rings. The fourth-order valence-corrected chi connectivity index (χ4v) is 11.3. The Morgan fingerprint density at radius 2 is 1.21 bits per heavy atom. The van der Waals surface area contributed by atoms with Gasteiger partial charge in [-0.3, -0.25) is 9.59 Å². The molecule has 6 unspecified atom stereocenters. The number of carbonyl (C=O) groups is 5. The molecule has 6 atom stereocenters. The Kier molecular flexibility index (Phi) is 19.8. The Hall–Kier alpha value is -2.81. The third-order valence-electron chi connectivity index (χ3n) is 12.0. The molecule has 348 valence electrons. The summed E-state index contributed by atoms with van der Waals surface area (Å²) in [6.45, 7) is 18.6. The number of nitrogens with one attached hydrogen (secondary N) is 2. The lowest BCUT2D eigenvalue weighted by Gasteiger charge is -2.49. The second-order valence-corrected chi connectivity index (χ2v) is 22.9. The van der Waals surface area contributed by atoms with E-state index in [0.29, 0.717) is 70.9 Å². The molecular formula is C46H78N4O9S2. The largest absolute Gasteiger partial charge is 0.461 e. The second-order valence-electron chi connectivity index (χ2n) is 20.4. The summed E-state index contributed by atoms with van der Waals surface area (Å²) in [7, 11) is 2.70. The number of hydrogen-bond donors (Lipinski definition) is 2. The lowest BCUT2D eigenvalue weighted by atomic mass is 9.57. The molecule has 15 heteroatoms. The Bertz CT molecular complexity index is 1490. The molecule has 0 radical (unpaired) electrons. The Morgan fingerprint density at radius 1 is 0.639 bits per heavy atom. The Labute approximate surface area is 374 Å².